The number of ether oxygens (including phenoxy) is 1. The van der Waals surface area contributed by atoms with Gasteiger partial charge >= 0.3 is 6.09 Å². The third-order valence-corrected chi connectivity index (χ3v) is 4.77. The molecule has 3 aromatic rings. The van der Waals surface area contributed by atoms with Crippen LogP contribution in [0.1, 0.15) is 16.7 Å². The van der Waals surface area contributed by atoms with Gasteiger partial charge < -0.3 is 10.1 Å². The first-order valence-electron chi connectivity index (χ1n) is 9.71. The van der Waals surface area contributed by atoms with Gasteiger partial charge in [-0.1, -0.05) is 48.5 Å². The summed E-state index contributed by atoms with van der Waals surface area (Å²) in [5.74, 6) is -0.504. The Morgan fingerprint density at radius 1 is 1.03 bits per heavy atom. The maximum absolute atomic E-state index is 12.7. The van der Waals surface area contributed by atoms with Crippen LogP contribution in [0.15, 0.2) is 83.9 Å². The molecule has 0 aliphatic carbocycles. The normalized spacial score (nSPS) is 14.9. The number of carbonyl (C=O) groups excluding carboxylic acids is 2. The highest BCUT2D eigenvalue weighted by atomic mass is 16.6. The van der Waals surface area contributed by atoms with Gasteiger partial charge in [-0.15, -0.1) is 0 Å². The van der Waals surface area contributed by atoms with Crippen molar-refractivity contribution in [3.8, 4) is 0 Å². The van der Waals surface area contributed by atoms with Gasteiger partial charge in [-0.25, -0.2) is 9.79 Å². The second-order valence-electron chi connectivity index (χ2n) is 6.93. The van der Waals surface area contributed by atoms with Crippen molar-refractivity contribution in [3.63, 3.8) is 0 Å². The molecule has 0 spiro atoms. The summed E-state index contributed by atoms with van der Waals surface area (Å²) in [4.78, 5) is 39.8. The third kappa shape index (κ3) is 4.62. The molecule has 0 saturated carbocycles. The fourth-order valence-corrected chi connectivity index (χ4v) is 3.20. The smallest absolute Gasteiger partial charge is 0.409 e. The molecule has 1 atom stereocenters. The minimum Gasteiger partial charge on any atom is -0.445 e. The number of benzodiazepines with no additional fused rings is 1. The summed E-state index contributed by atoms with van der Waals surface area (Å²) >= 11 is 0. The van der Waals surface area contributed by atoms with Gasteiger partial charge in [0.15, 0.2) is 0 Å². The van der Waals surface area contributed by atoms with E-state index >= 15 is 0 Å². The number of para-hydroxylation sites is 1. The predicted molar refractivity (Wildman–Crippen MR) is 117 cm³/mol. The summed E-state index contributed by atoms with van der Waals surface area (Å²) in [7, 11) is 0. The van der Waals surface area contributed by atoms with Crippen LogP contribution in [0.5, 0.6) is 0 Å². The first-order valence-corrected chi connectivity index (χ1v) is 9.71. The molecule has 9 heteroatoms. The Bertz CT molecular complexity index is 1190. The number of hydrogen-bond acceptors (Lipinski definition) is 6. The Morgan fingerprint density at radius 3 is 2.44 bits per heavy atom. The van der Waals surface area contributed by atoms with E-state index in [2.05, 4.69) is 15.6 Å². The van der Waals surface area contributed by atoms with E-state index in [-0.39, 0.29) is 12.3 Å². The molecular weight excluding hydrogens is 412 g/mol. The Labute approximate surface area is 182 Å². The number of anilines is 1. The van der Waals surface area contributed by atoms with Gasteiger partial charge in [-0.2, -0.15) is 0 Å². The van der Waals surface area contributed by atoms with Gasteiger partial charge in [0.2, 0.25) is 6.17 Å². The summed E-state index contributed by atoms with van der Waals surface area (Å²) in [6, 6.07) is 22.2. The van der Waals surface area contributed by atoms with E-state index in [0.29, 0.717) is 17.0 Å². The Balaban J connectivity index is 1.51. The molecule has 0 aromatic heterocycles. The first-order chi connectivity index (χ1) is 15.5. The Hall–Kier alpha value is -4.53. The SMILES string of the molecule is O=C(NC1N=C(c2ccccc2)c2ccccc2NC1=O)OCc1ccc([N+](=O)[O-])cc1. The van der Waals surface area contributed by atoms with Crippen LogP contribution in [0, 0.1) is 10.1 Å². The number of non-ortho nitro benzene ring substituents is 1. The van der Waals surface area contributed by atoms with Crippen molar-refractivity contribution in [1.82, 2.24) is 5.32 Å². The maximum Gasteiger partial charge on any atom is 0.409 e. The van der Waals surface area contributed by atoms with Crippen LogP contribution in [0.3, 0.4) is 0 Å². The molecule has 1 unspecified atom stereocenters. The van der Waals surface area contributed by atoms with E-state index in [1.807, 2.05) is 42.5 Å². The van der Waals surface area contributed by atoms with Gasteiger partial charge in [0, 0.05) is 23.3 Å². The average Bonchev–Trinajstić information content (AvgIpc) is 2.95. The number of nitrogens with zero attached hydrogens (tertiary/aromatic N) is 2. The van der Waals surface area contributed by atoms with Crippen molar-refractivity contribution in [1.29, 1.82) is 0 Å². The van der Waals surface area contributed by atoms with E-state index in [1.165, 1.54) is 24.3 Å². The summed E-state index contributed by atoms with van der Waals surface area (Å²) in [5.41, 5.74) is 3.18. The largest absolute Gasteiger partial charge is 0.445 e. The average molecular weight is 430 g/mol. The summed E-state index contributed by atoms with van der Waals surface area (Å²) < 4.78 is 5.17. The number of hydrogen-bond donors (Lipinski definition) is 2. The number of fused-ring (bicyclic) bond motifs is 1. The highest BCUT2D eigenvalue weighted by Gasteiger charge is 2.27. The van der Waals surface area contributed by atoms with Crippen molar-refractivity contribution in [3.05, 3.63) is 106 Å². The zero-order chi connectivity index (χ0) is 22.5. The number of benzene rings is 3. The van der Waals surface area contributed by atoms with Crippen molar-refractivity contribution >= 4 is 29.1 Å². The molecule has 0 bridgehead atoms. The molecule has 32 heavy (non-hydrogen) atoms. The number of nitro benzene ring substituents is 1. The number of carbonyl (C=O) groups is 2. The molecular formula is C23H18N4O5. The number of aliphatic imine (C=N–C) groups is 1. The van der Waals surface area contributed by atoms with E-state index in [9.17, 15) is 19.7 Å². The van der Waals surface area contributed by atoms with Crippen LogP contribution >= 0.6 is 0 Å². The van der Waals surface area contributed by atoms with Gasteiger partial charge in [-0.05, 0) is 23.8 Å². The highest BCUT2D eigenvalue weighted by molar-refractivity contribution is 6.19. The number of amides is 2. The molecule has 2 N–H and O–H groups in total. The standard InChI is InChI=1S/C23H18N4O5/c28-22-21(26-23(29)32-14-15-10-12-17(13-11-15)27(30)31)25-20(16-6-2-1-3-7-16)18-8-4-5-9-19(18)24-22/h1-13,21H,14H2,(H,24,28)(H,26,29). The third-order valence-electron chi connectivity index (χ3n) is 4.77. The monoisotopic (exact) mass is 430 g/mol. The molecule has 160 valence electrons. The second kappa shape index (κ2) is 9.09. The van der Waals surface area contributed by atoms with Crippen LogP contribution in [-0.4, -0.2) is 28.8 Å². The topological polar surface area (TPSA) is 123 Å². The van der Waals surface area contributed by atoms with Crippen molar-refractivity contribution < 1.29 is 19.2 Å². The van der Waals surface area contributed by atoms with Crippen molar-refractivity contribution in [2.24, 2.45) is 4.99 Å². The van der Waals surface area contributed by atoms with Gasteiger partial charge in [0.25, 0.3) is 11.6 Å². The van der Waals surface area contributed by atoms with Crippen LogP contribution in [-0.2, 0) is 16.1 Å². The second-order valence-corrected chi connectivity index (χ2v) is 6.93. The molecule has 3 aromatic carbocycles. The van der Waals surface area contributed by atoms with Crippen LogP contribution in [0.2, 0.25) is 0 Å². The lowest BCUT2D eigenvalue weighted by molar-refractivity contribution is -0.384. The predicted octanol–water partition coefficient (Wildman–Crippen LogP) is 3.64. The van der Waals surface area contributed by atoms with E-state index in [0.717, 1.165) is 11.1 Å². The first kappa shape index (κ1) is 20.7. The molecule has 4 rings (SSSR count). The van der Waals surface area contributed by atoms with Crippen molar-refractivity contribution in [2.75, 3.05) is 5.32 Å². The quantitative estimate of drug-likeness (QED) is 0.473. The van der Waals surface area contributed by atoms with Gasteiger partial charge in [0.1, 0.15) is 6.61 Å². The number of nitrogens with one attached hydrogen (secondary N) is 2. The minimum atomic E-state index is -1.21. The zero-order valence-electron chi connectivity index (χ0n) is 16.7. The lowest BCUT2D eigenvalue weighted by Gasteiger charge is -2.13. The minimum absolute atomic E-state index is 0.0596. The Kier molecular flexibility index (Phi) is 5.89. The molecule has 9 nitrogen and oxygen atoms in total. The van der Waals surface area contributed by atoms with E-state index in [4.69, 9.17) is 4.74 Å². The fraction of sp³-hybridized carbons (Fsp3) is 0.0870. The molecule has 1 aliphatic heterocycles. The number of rotatable bonds is 5. The molecule has 1 aliphatic rings. The van der Waals surface area contributed by atoms with E-state index < -0.39 is 23.1 Å². The molecule has 1 heterocycles. The number of nitro groups is 1. The highest BCUT2D eigenvalue weighted by Crippen LogP contribution is 2.23. The lowest BCUT2D eigenvalue weighted by atomic mass is 10.0. The van der Waals surface area contributed by atoms with E-state index in [1.54, 1.807) is 12.1 Å². The van der Waals surface area contributed by atoms with Crippen LogP contribution < -0.4 is 10.6 Å². The zero-order valence-corrected chi connectivity index (χ0v) is 16.7. The molecule has 2 amide bonds. The van der Waals surface area contributed by atoms with Gasteiger partial charge in [0.05, 0.1) is 16.3 Å². The summed E-state index contributed by atoms with van der Waals surface area (Å²) in [5, 5.41) is 16.0. The molecule has 0 fully saturated rings. The Morgan fingerprint density at radius 2 is 1.72 bits per heavy atom. The van der Waals surface area contributed by atoms with Gasteiger partial charge in [-0.3, -0.25) is 20.2 Å². The van der Waals surface area contributed by atoms with Crippen LogP contribution in [0.25, 0.3) is 0 Å². The summed E-state index contributed by atoms with van der Waals surface area (Å²) in [6.45, 7) is -0.117. The van der Waals surface area contributed by atoms with Crippen LogP contribution in [0.4, 0.5) is 16.2 Å². The molecule has 0 saturated heterocycles. The maximum atomic E-state index is 12.7. The van der Waals surface area contributed by atoms with Crippen molar-refractivity contribution in [2.45, 2.75) is 12.8 Å². The molecule has 0 radical (unpaired) electrons. The number of alkyl carbamates (subject to hydrolysis) is 1. The summed E-state index contributed by atoms with van der Waals surface area (Å²) in [6.07, 6.45) is -2.05. The lowest BCUT2D eigenvalue weighted by Crippen LogP contribution is -2.42. The fourth-order valence-electron chi connectivity index (χ4n) is 3.20.